The number of carbonyl (C=O) groups is 1. The topological polar surface area (TPSA) is 58.4 Å². The lowest BCUT2D eigenvalue weighted by molar-refractivity contribution is -0.126. The first-order valence-corrected chi connectivity index (χ1v) is 7.44. The van der Waals surface area contributed by atoms with E-state index in [4.69, 9.17) is 5.73 Å². The predicted octanol–water partition coefficient (Wildman–Crippen LogP) is 2.40. The van der Waals surface area contributed by atoms with Crippen LogP contribution in [-0.4, -0.2) is 29.9 Å². The number of nitrogens with one attached hydrogen (secondary N) is 1. The third-order valence-electron chi connectivity index (χ3n) is 3.35. The minimum Gasteiger partial charge on any atom is -0.399 e. The lowest BCUT2D eigenvalue weighted by atomic mass is 10.1. The van der Waals surface area contributed by atoms with Crippen molar-refractivity contribution in [1.82, 2.24) is 10.2 Å². The van der Waals surface area contributed by atoms with Crippen molar-refractivity contribution in [3.63, 3.8) is 0 Å². The molecule has 0 saturated heterocycles. The van der Waals surface area contributed by atoms with Crippen LogP contribution in [0.2, 0.25) is 0 Å². The molecule has 20 heavy (non-hydrogen) atoms. The number of carbonyl (C=O) groups excluding carboxylic acids is 1. The van der Waals surface area contributed by atoms with E-state index in [1.165, 1.54) is 5.56 Å². The number of amides is 1. The molecule has 0 aliphatic heterocycles. The van der Waals surface area contributed by atoms with Crippen molar-refractivity contribution in [2.24, 2.45) is 0 Å². The molecule has 0 fully saturated rings. The van der Waals surface area contributed by atoms with E-state index in [9.17, 15) is 4.79 Å². The maximum absolute atomic E-state index is 12.1. The zero-order chi connectivity index (χ0) is 15.0. The quantitative estimate of drug-likeness (QED) is 0.717. The highest BCUT2D eigenvalue weighted by molar-refractivity contribution is 5.81. The molecule has 0 bridgehead atoms. The summed E-state index contributed by atoms with van der Waals surface area (Å²) in [6, 6.07) is 7.74. The van der Waals surface area contributed by atoms with Crippen LogP contribution in [0.5, 0.6) is 0 Å². The zero-order valence-corrected chi connectivity index (χ0v) is 12.9. The second-order valence-electron chi connectivity index (χ2n) is 5.18. The summed E-state index contributed by atoms with van der Waals surface area (Å²) < 4.78 is 0. The van der Waals surface area contributed by atoms with E-state index in [-0.39, 0.29) is 11.9 Å². The van der Waals surface area contributed by atoms with Crippen LogP contribution in [0.3, 0.4) is 0 Å². The summed E-state index contributed by atoms with van der Waals surface area (Å²) in [5, 5.41) is 2.97. The van der Waals surface area contributed by atoms with Crippen molar-refractivity contribution >= 4 is 11.6 Å². The summed E-state index contributed by atoms with van der Waals surface area (Å²) in [6.45, 7) is 8.58. The van der Waals surface area contributed by atoms with Gasteiger partial charge in [-0.1, -0.05) is 26.0 Å². The van der Waals surface area contributed by atoms with Gasteiger partial charge < -0.3 is 11.1 Å². The predicted molar refractivity (Wildman–Crippen MR) is 84.3 cm³/mol. The Hall–Kier alpha value is -1.55. The average molecular weight is 277 g/mol. The molecule has 1 amide bonds. The Bertz CT molecular complexity index is 403. The van der Waals surface area contributed by atoms with Gasteiger partial charge in [-0.25, -0.2) is 0 Å². The summed E-state index contributed by atoms with van der Waals surface area (Å²) in [6.07, 6.45) is 1.99. The van der Waals surface area contributed by atoms with Gasteiger partial charge in [0, 0.05) is 18.8 Å². The Balaban J connectivity index is 2.67. The van der Waals surface area contributed by atoms with Crippen molar-refractivity contribution in [3.8, 4) is 0 Å². The Morgan fingerprint density at radius 1 is 1.25 bits per heavy atom. The smallest absolute Gasteiger partial charge is 0.237 e. The first kappa shape index (κ1) is 16.5. The van der Waals surface area contributed by atoms with E-state index in [1.54, 1.807) is 0 Å². The molecule has 1 unspecified atom stereocenters. The Labute approximate surface area is 122 Å². The SMILES string of the molecule is CCCNC(=O)C(C)N(CCC)Cc1ccc(N)cc1. The lowest BCUT2D eigenvalue weighted by Gasteiger charge is -2.28. The number of nitrogens with zero attached hydrogens (tertiary/aromatic N) is 1. The molecule has 1 aromatic rings. The number of nitrogen functional groups attached to an aromatic ring is 1. The molecule has 0 aromatic heterocycles. The molecule has 0 heterocycles. The molecular formula is C16H27N3O. The van der Waals surface area contributed by atoms with Crippen molar-refractivity contribution in [2.75, 3.05) is 18.8 Å². The molecule has 0 saturated carbocycles. The van der Waals surface area contributed by atoms with E-state index >= 15 is 0 Å². The maximum Gasteiger partial charge on any atom is 0.237 e. The van der Waals surface area contributed by atoms with E-state index in [0.29, 0.717) is 0 Å². The van der Waals surface area contributed by atoms with Gasteiger partial charge in [0.1, 0.15) is 0 Å². The normalized spacial score (nSPS) is 12.4. The molecule has 4 heteroatoms. The maximum atomic E-state index is 12.1. The minimum atomic E-state index is -0.112. The van der Waals surface area contributed by atoms with Crippen LogP contribution in [0.15, 0.2) is 24.3 Å². The van der Waals surface area contributed by atoms with Gasteiger partial charge in [0.2, 0.25) is 5.91 Å². The first-order chi connectivity index (χ1) is 9.58. The molecule has 3 N–H and O–H groups in total. The Morgan fingerprint density at radius 3 is 2.45 bits per heavy atom. The number of rotatable bonds is 8. The second-order valence-corrected chi connectivity index (χ2v) is 5.18. The molecule has 0 aliphatic rings. The van der Waals surface area contributed by atoms with Crippen LogP contribution < -0.4 is 11.1 Å². The van der Waals surface area contributed by atoms with E-state index in [1.807, 2.05) is 31.2 Å². The van der Waals surface area contributed by atoms with Crippen LogP contribution in [-0.2, 0) is 11.3 Å². The molecule has 1 rings (SSSR count). The van der Waals surface area contributed by atoms with Gasteiger partial charge in [-0.05, 0) is 44.0 Å². The minimum absolute atomic E-state index is 0.107. The molecule has 4 nitrogen and oxygen atoms in total. The van der Waals surface area contributed by atoms with E-state index < -0.39 is 0 Å². The fourth-order valence-corrected chi connectivity index (χ4v) is 2.12. The molecule has 0 spiro atoms. The number of anilines is 1. The highest BCUT2D eigenvalue weighted by Crippen LogP contribution is 2.11. The van der Waals surface area contributed by atoms with Crippen LogP contribution in [0.4, 0.5) is 5.69 Å². The van der Waals surface area contributed by atoms with Crippen molar-refractivity contribution in [3.05, 3.63) is 29.8 Å². The third-order valence-corrected chi connectivity index (χ3v) is 3.35. The second kappa shape index (κ2) is 8.59. The largest absolute Gasteiger partial charge is 0.399 e. The van der Waals surface area contributed by atoms with Crippen LogP contribution >= 0.6 is 0 Å². The summed E-state index contributed by atoms with van der Waals surface area (Å²) in [7, 11) is 0. The van der Waals surface area contributed by atoms with Gasteiger partial charge >= 0.3 is 0 Å². The Morgan fingerprint density at radius 2 is 1.90 bits per heavy atom. The first-order valence-electron chi connectivity index (χ1n) is 7.44. The summed E-state index contributed by atoms with van der Waals surface area (Å²) in [4.78, 5) is 14.3. The van der Waals surface area contributed by atoms with Crippen molar-refractivity contribution < 1.29 is 4.79 Å². The zero-order valence-electron chi connectivity index (χ0n) is 12.9. The monoisotopic (exact) mass is 277 g/mol. The van der Waals surface area contributed by atoms with Crippen molar-refractivity contribution in [2.45, 2.75) is 46.2 Å². The summed E-state index contributed by atoms with van der Waals surface area (Å²) in [5.74, 6) is 0.107. The number of benzene rings is 1. The number of nitrogens with two attached hydrogens (primary N) is 1. The van der Waals surface area contributed by atoms with E-state index in [0.717, 1.165) is 38.2 Å². The fraction of sp³-hybridized carbons (Fsp3) is 0.562. The highest BCUT2D eigenvalue weighted by Gasteiger charge is 2.20. The number of hydrogen-bond donors (Lipinski definition) is 2. The van der Waals surface area contributed by atoms with E-state index in [2.05, 4.69) is 24.1 Å². The average Bonchev–Trinajstić information content (AvgIpc) is 2.45. The van der Waals surface area contributed by atoms with Gasteiger partial charge in [-0.3, -0.25) is 9.69 Å². The van der Waals surface area contributed by atoms with Crippen LogP contribution in [0, 0.1) is 0 Å². The summed E-state index contributed by atoms with van der Waals surface area (Å²) in [5.41, 5.74) is 7.65. The molecule has 1 atom stereocenters. The van der Waals surface area contributed by atoms with Crippen molar-refractivity contribution in [1.29, 1.82) is 0 Å². The van der Waals surface area contributed by atoms with Gasteiger partial charge in [-0.2, -0.15) is 0 Å². The number of hydrogen-bond acceptors (Lipinski definition) is 3. The molecular weight excluding hydrogens is 250 g/mol. The molecule has 0 radical (unpaired) electrons. The van der Waals surface area contributed by atoms with Gasteiger partial charge in [0.05, 0.1) is 6.04 Å². The highest BCUT2D eigenvalue weighted by atomic mass is 16.2. The summed E-state index contributed by atoms with van der Waals surface area (Å²) >= 11 is 0. The Kier molecular flexibility index (Phi) is 7.09. The molecule has 0 aliphatic carbocycles. The molecule has 112 valence electrons. The van der Waals surface area contributed by atoms with Crippen LogP contribution in [0.1, 0.15) is 39.2 Å². The van der Waals surface area contributed by atoms with Gasteiger partial charge in [0.15, 0.2) is 0 Å². The molecule has 1 aromatic carbocycles. The standard InChI is InChI=1S/C16H27N3O/c1-4-10-18-16(20)13(3)19(11-5-2)12-14-6-8-15(17)9-7-14/h6-9,13H,4-5,10-12,17H2,1-3H3,(H,18,20). The van der Waals surface area contributed by atoms with Gasteiger partial charge in [0.25, 0.3) is 0 Å². The van der Waals surface area contributed by atoms with Gasteiger partial charge in [-0.15, -0.1) is 0 Å². The van der Waals surface area contributed by atoms with Crippen LogP contribution in [0.25, 0.3) is 0 Å². The fourth-order valence-electron chi connectivity index (χ4n) is 2.12. The third kappa shape index (κ3) is 5.21. The lowest BCUT2D eigenvalue weighted by Crippen LogP contribution is -2.45.